The number of nitrogens with one attached hydrogen (secondary N) is 1. The molecule has 0 aromatic carbocycles. The molecular weight excluding hydrogens is 108 g/mol. The number of nitrogens with zero attached hydrogens (tertiary/aromatic N) is 3. The van der Waals surface area contributed by atoms with Gasteiger partial charge in [0.1, 0.15) is 5.71 Å². The zero-order valence-electron chi connectivity index (χ0n) is 3.83. The van der Waals surface area contributed by atoms with Gasteiger partial charge in [0.2, 0.25) is 0 Å². The van der Waals surface area contributed by atoms with Crippen molar-refractivity contribution in [2.45, 2.75) is 0 Å². The van der Waals surface area contributed by atoms with E-state index in [1.165, 1.54) is 0 Å². The molecule has 0 unspecified atom stereocenters. The Kier molecular flexibility index (Phi) is 0.957. The Hall–Kier alpha value is -1.39. The Bertz CT molecular complexity index is 169. The molecule has 0 saturated heterocycles. The first kappa shape index (κ1) is 4.76. The molecule has 1 N–H and O–H groups in total. The van der Waals surface area contributed by atoms with Crippen molar-refractivity contribution >= 4 is 17.8 Å². The predicted molar refractivity (Wildman–Crippen MR) is 26.1 cm³/mol. The van der Waals surface area contributed by atoms with Crippen LogP contribution < -0.4 is 0 Å². The first-order valence-electron chi connectivity index (χ1n) is 1.87. The van der Waals surface area contributed by atoms with E-state index in [1.54, 1.807) is 0 Å². The van der Waals surface area contributed by atoms with Gasteiger partial charge in [-0.05, 0) is 5.22 Å². The average Bonchev–Trinajstić information content (AvgIpc) is 1.77. The molecule has 0 atom stereocenters. The summed E-state index contributed by atoms with van der Waals surface area (Å²) in [5.41, 5.74) is -0.222. The van der Waals surface area contributed by atoms with Gasteiger partial charge in [-0.3, -0.25) is 10.2 Å². The van der Waals surface area contributed by atoms with Gasteiger partial charge in [-0.25, -0.2) is 0 Å². The molecule has 0 saturated carbocycles. The van der Waals surface area contributed by atoms with Gasteiger partial charge in [-0.15, -0.1) is 5.10 Å². The summed E-state index contributed by atoms with van der Waals surface area (Å²) in [6, 6.07) is 0. The predicted octanol–water partition coefficient (Wildman–Crippen LogP) is -0.0156. The topological polar surface area (TPSA) is 78.0 Å². The van der Waals surface area contributed by atoms with E-state index in [0.717, 1.165) is 6.21 Å². The highest BCUT2D eigenvalue weighted by molar-refractivity contribution is 6.60. The third-order valence-corrected chi connectivity index (χ3v) is 0.604. The molecule has 5 nitrogen and oxygen atoms in total. The zero-order chi connectivity index (χ0) is 5.98. The Morgan fingerprint density at radius 2 is 2.38 bits per heavy atom. The zero-order valence-corrected chi connectivity index (χ0v) is 3.83. The molecule has 0 bridgehead atoms. The van der Waals surface area contributed by atoms with Gasteiger partial charge >= 0.3 is 5.91 Å². The number of hydrogen-bond acceptors (Lipinski definition) is 4. The molecule has 1 heterocycles. The third kappa shape index (κ3) is 0.651. The summed E-state index contributed by atoms with van der Waals surface area (Å²) in [4.78, 5) is 10.2. The van der Waals surface area contributed by atoms with Crippen LogP contribution in [0, 0.1) is 5.41 Å². The van der Waals surface area contributed by atoms with Crippen LogP contribution in [0.3, 0.4) is 0 Å². The fraction of sp³-hybridized carbons (Fsp3) is 0. The minimum atomic E-state index is -0.639. The molecule has 40 valence electrons. The van der Waals surface area contributed by atoms with E-state index in [-0.39, 0.29) is 5.71 Å². The van der Waals surface area contributed by atoms with Gasteiger partial charge < -0.3 is 0 Å². The number of hydrogen-bond donors (Lipinski definition) is 1. The highest BCUT2D eigenvalue weighted by Gasteiger charge is 2.06. The summed E-state index contributed by atoms with van der Waals surface area (Å²) < 4.78 is 0. The van der Waals surface area contributed by atoms with Crippen molar-refractivity contribution in [1.29, 1.82) is 5.41 Å². The van der Waals surface area contributed by atoms with Crippen LogP contribution in [0.2, 0.25) is 0 Å². The summed E-state index contributed by atoms with van der Waals surface area (Å²) in [5.74, 6) is -0.639. The van der Waals surface area contributed by atoms with Gasteiger partial charge in [0, 0.05) is 0 Å². The Morgan fingerprint density at radius 3 is 2.75 bits per heavy atom. The first-order chi connectivity index (χ1) is 3.80. The number of rotatable bonds is 0. The molecule has 0 aromatic heterocycles. The van der Waals surface area contributed by atoms with E-state index in [1.807, 2.05) is 0 Å². The van der Waals surface area contributed by atoms with Crippen molar-refractivity contribution in [2.24, 2.45) is 15.4 Å². The molecule has 0 fully saturated rings. The number of amides is 1. The first-order valence-corrected chi connectivity index (χ1v) is 1.87. The molecule has 5 heteroatoms. The van der Waals surface area contributed by atoms with Crippen LogP contribution in [-0.4, -0.2) is 17.8 Å². The van der Waals surface area contributed by atoms with Crippen molar-refractivity contribution in [3.8, 4) is 0 Å². The van der Waals surface area contributed by atoms with Gasteiger partial charge in [-0.1, -0.05) is 5.11 Å². The van der Waals surface area contributed by atoms with Crippen molar-refractivity contribution in [2.75, 3.05) is 0 Å². The molecule has 0 aromatic rings. The van der Waals surface area contributed by atoms with Crippen LogP contribution in [0.15, 0.2) is 15.4 Å². The van der Waals surface area contributed by atoms with Crippen LogP contribution in [0.25, 0.3) is 0 Å². The molecule has 8 heavy (non-hydrogen) atoms. The van der Waals surface area contributed by atoms with E-state index < -0.39 is 5.91 Å². The van der Waals surface area contributed by atoms with Crippen molar-refractivity contribution in [3.05, 3.63) is 0 Å². The van der Waals surface area contributed by atoms with E-state index in [9.17, 15) is 4.79 Å². The second kappa shape index (κ2) is 1.61. The summed E-state index contributed by atoms with van der Waals surface area (Å²) in [6.07, 6.45) is 1.05. The van der Waals surface area contributed by atoms with Crippen molar-refractivity contribution in [3.63, 3.8) is 0 Å². The largest absolute Gasteiger partial charge is 0.316 e. The Morgan fingerprint density at radius 1 is 1.62 bits per heavy atom. The molecule has 0 aliphatic carbocycles. The van der Waals surface area contributed by atoms with Crippen LogP contribution in [0.5, 0.6) is 0 Å². The second-order valence-corrected chi connectivity index (χ2v) is 1.15. The average molecular weight is 110 g/mol. The molecule has 1 rings (SSSR count). The smallest absolute Gasteiger partial charge is 0.294 e. The van der Waals surface area contributed by atoms with E-state index >= 15 is 0 Å². The molecule has 1 aliphatic rings. The van der Waals surface area contributed by atoms with Gasteiger partial charge in [0.05, 0.1) is 6.21 Å². The molecule has 0 spiro atoms. The monoisotopic (exact) mass is 110 g/mol. The summed E-state index contributed by atoms with van der Waals surface area (Å²) in [5, 5.41) is 15.9. The molecular formula is C3H2N4O. The lowest BCUT2D eigenvalue weighted by Crippen LogP contribution is -2.12. The lowest BCUT2D eigenvalue weighted by Gasteiger charge is -1.88. The fourth-order valence-electron chi connectivity index (χ4n) is 0.259. The minimum absolute atomic E-state index is 0.222. The Balaban J connectivity index is 2.89. The minimum Gasteiger partial charge on any atom is -0.294 e. The maximum Gasteiger partial charge on any atom is 0.316 e. The van der Waals surface area contributed by atoms with E-state index in [0.29, 0.717) is 0 Å². The van der Waals surface area contributed by atoms with E-state index in [4.69, 9.17) is 5.41 Å². The highest BCUT2D eigenvalue weighted by atomic mass is 16.2. The van der Waals surface area contributed by atoms with Crippen LogP contribution in [-0.2, 0) is 4.79 Å². The standard InChI is InChI=1S/C3H2N4O/c4-2-1-5-7-6-3(2)8/h1,4H. The maximum absolute atomic E-state index is 10.2. The summed E-state index contributed by atoms with van der Waals surface area (Å²) in [7, 11) is 0. The molecule has 1 amide bonds. The number of carbonyl (C=O) groups excluding carboxylic acids is 1. The van der Waals surface area contributed by atoms with Crippen LogP contribution in [0.1, 0.15) is 0 Å². The molecule has 1 aliphatic heterocycles. The highest BCUT2D eigenvalue weighted by Crippen LogP contribution is 1.87. The van der Waals surface area contributed by atoms with Crippen LogP contribution >= 0.6 is 0 Å². The lowest BCUT2D eigenvalue weighted by atomic mass is 10.4. The lowest BCUT2D eigenvalue weighted by molar-refractivity contribution is -0.112. The Labute approximate surface area is 44.6 Å². The van der Waals surface area contributed by atoms with Gasteiger partial charge in [0.15, 0.2) is 0 Å². The van der Waals surface area contributed by atoms with Gasteiger partial charge in [0.25, 0.3) is 0 Å². The van der Waals surface area contributed by atoms with Crippen molar-refractivity contribution in [1.82, 2.24) is 0 Å². The van der Waals surface area contributed by atoms with Crippen molar-refractivity contribution < 1.29 is 4.79 Å². The SMILES string of the molecule is N=C1C=NN=NC1=O. The normalized spacial score (nSPS) is 17.5. The quantitative estimate of drug-likeness (QED) is 0.467. The number of carbonyl (C=O) groups is 1. The van der Waals surface area contributed by atoms with Crippen LogP contribution in [0.4, 0.5) is 0 Å². The summed E-state index contributed by atoms with van der Waals surface area (Å²) >= 11 is 0. The third-order valence-electron chi connectivity index (χ3n) is 0.604. The van der Waals surface area contributed by atoms with Gasteiger partial charge in [-0.2, -0.15) is 0 Å². The summed E-state index contributed by atoms with van der Waals surface area (Å²) in [6.45, 7) is 0. The maximum atomic E-state index is 10.2. The molecule has 0 radical (unpaired) electrons. The second-order valence-electron chi connectivity index (χ2n) is 1.15. The van der Waals surface area contributed by atoms with E-state index in [2.05, 4.69) is 15.4 Å². The fourth-order valence-corrected chi connectivity index (χ4v) is 0.259.